The molecule has 0 saturated carbocycles. The summed E-state index contributed by atoms with van der Waals surface area (Å²) in [7, 11) is 0. The van der Waals surface area contributed by atoms with Crippen molar-refractivity contribution in [2.45, 2.75) is 31.7 Å². The average molecular weight is 400 g/mol. The number of rotatable bonds is 9. The number of carboxylic acid groups (broad SMARTS) is 1. The Balaban J connectivity index is 1.61. The fraction of sp³-hybridized carbons (Fsp3) is 0.364. The fourth-order valence-electron chi connectivity index (χ4n) is 3.40. The van der Waals surface area contributed by atoms with E-state index in [1.54, 1.807) is 0 Å². The molecule has 2 aliphatic rings. The van der Waals surface area contributed by atoms with Crippen LogP contribution in [0, 0.1) is 0 Å². The van der Waals surface area contributed by atoms with E-state index in [0.29, 0.717) is 5.75 Å². The number of benzene rings is 1. The second-order valence-electron chi connectivity index (χ2n) is 6.78. The molecule has 0 radical (unpaired) electrons. The second-order valence-corrected chi connectivity index (χ2v) is 7.93. The van der Waals surface area contributed by atoms with E-state index in [1.165, 1.54) is 17.3 Å². The highest BCUT2D eigenvalue weighted by Gasteiger charge is 2.29. The van der Waals surface area contributed by atoms with Gasteiger partial charge in [-0.25, -0.2) is 9.59 Å². The van der Waals surface area contributed by atoms with Crippen molar-refractivity contribution in [3.63, 3.8) is 0 Å². The number of unbranched alkanes of at least 4 members (excludes halogenated alkanes) is 1. The SMILES string of the molecule is CCCCSC[C@@H](NC(=O)OCC1=C2C=CC=CC2c2ccccc21)C(=O)O. The van der Waals surface area contributed by atoms with Gasteiger partial charge in [-0.3, -0.25) is 0 Å². The standard InChI is InChI=1S/C22H25NO4S/c1-2-3-12-28-14-20(21(24)25)23-22(26)27-13-19-17-10-6-4-8-15(17)16-9-5-7-11-18(16)19/h4-11,15,20H,2-3,12-14H2,1H3,(H,23,26)(H,24,25)/t15?,20-/m1/s1. The number of ether oxygens (including phenoxy) is 1. The van der Waals surface area contributed by atoms with Gasteiger partial charge < -0.3 is 15.2 Å². The molecule has 0 spiro atoms. The zero-order valence-corrected chi connectivity index (χ0v) is 16.7. The maximum absolute atomic E-state index is 12.2. The topological polar surface area (TPSA) is 75.6 Å². The van der Waals surface area contributed by atoms with E-state index in [4.69, 9.17) is 4.74 Å². The van der Waals surface area contributed by atoms with Gasteiger partial charge in [-0.05, 0) is 28.9 Å². The van der Waals surface area contributed by atoms with E-state index in [9.17, 15) is 14.7 Å². The van der Waals surface area contributed by atoms with Crippen LogP contribution < -0.4 is 5.32 Å². The molecule has 6 heteroatoms. The van der Waals surface area contributed by atoms with Crippen molar-refractivity contribution in [1.82, 2.24) is 5.32 Å². The molecule has 28 heavy (non-hydrogen) atoms. The van der Waals surface area contributed by atoms with Crippen molar-refractivity contribution in [3.05, 3.63) is 65.3 Å². The Bertz CT molecular complexity index is 828. The van der Waals surface area contributed by atoms with Crippen molar-refractivity contribution in [3.8, 4) is 0 Å². The number of fused-ring (bicyclic) bond motifs is 3. The number of carbonyl (C=O) groups excluding carboxylic acids is 1. The maximum Gasteiger partial charge on any atom is 0.408 e. The molecule has 2 atom stereocenters. The number of aliphatic carboxylic acids is 1. The Hall–Kier alpha value is -2.47. The van der Waals surface area contributed by atoms with Gasteiger partial charge in [0.1, 0.15) is 12.6 Å². The molecular weight excluding hydrogens is 374 g/mol. The fourth-order valence-corrected chi connectivity index (χ4v) is 4.53. The number of amides is 1. The van der Waals surface area contributed by atoms with E-state index in [1.807, 2.05) is 36.4 Å². The molecule has 1 aromatic rings. The highest BCUT2D eigenvalue weighted by atomic mass is 32.2. The van der Waals surface area contributed by atoms with Crippen LogP contribution in [0.15, 0.2) is 54.1 Å². The first-order valence-electron chi connectivity index (χ1n) is 9.52. The van der Waals surface area contributed by atoms with Crippen LogP contribution in [0.25, 0.3) is 5.57 Å². The van der Waals surface area contributed by atoms with E-state index in [-0.39, 0.29) is 12.5 Å². The number of nitrogens with one attached hydrogen (secondary N) is 1. The number of hydrogen-bond acceptors (Lipinski definition) is 4. The van der Waals surface area contributed by atoms with Crippen molar-refractivity contribution < 1.29 is 19.4 Å². The summed E-state index contributed by atoms with van der Waals surface area (Å²) in [6, 6.07) is 7.15. The summed E-state index contributed by atoms with van der Waals surface area (Å²) in [5.41, 5.74) is 4.38. The Morgan fingerprint density at radius 2 is 2.11 bits per heavy atom. The lowest BCUT2D eigenvalue weighted by atomic mass is 9.92. The van der Waals surface area contributed by atoms with E-state index >= 15 is 0 Å². The molecule has 5 nitrogen and oxygen atoms in total. The Morgan fingerprint density at radius 3 is 2.89 bits per heavy atom. The van der Waals surface area contributed by atoms with Gasteiger partial charge in [-0.2, -0.15) is 11.8 Å². The van der Waals surface area contributed by atoms with Crippen molar-refractivity contribution >= 4 is 29.4 Å². The molecule has 0 fully saturated rings. The molecule has 2 N–H and O–H groups in total. The number of carbonyl (C=O) groups is 2. The molecule has 0 heterocycles. The molecule has 0 saturated heterocycles. The molecule has 148 valence electrons. The second kappa shape index (κ2) is 9.64. The first-order valence-corrected chi connectivity index (χ1v) is 10.7. The summed E-state index contributed by atoms with van der Waals surface area (Å²) in [4.78, 5) is 23.6. The number of carboxylic acids is 1. The highest BCUT2D eigenvalue weighted by molar-refractivity contribution is 7.99. The Morgan fingerprint density at radius 1 is 1.29 bits per heavy atom. The minimum Gasteiger partial charge on any atom is -0.480 e. The molecule has 0 aliphatic heterocycles. The van der Waals surface area contributed by atoms with Crippen molar-refractivity contribution in [1.29, 1.82) is 0 Å². The summed E-state index contributed by atoms with van der Waals surface area (Å²) in [6.07, 6.45) is 9.57. The monoisotopic (exact) mass is 399 g/mol. The lowest BCUT2D eigenvalue weighted by Gasteiger charge is -2.15. The first-order chi connectivity index (χ1) is 13.6. The van der Waals surface area contributed by atoms with Gasteiger partial charge in [0.15, 0.2) is 0 Å². The Labute approximate surface area is 169 Å². The summed E-state index contributed by atoms with van der Waals surface area (Å²) < 4.78 is 5.40. The number of hydrogen-bond donors (Lipinski definition) is 2. The van der Waals surface area contributed by atoms with E-state index in [0.717, 1.165) is 35.3 Å². The van der Waals surface area contributed by atoms with Gasteiger partial charge in [0.2, 0.25) is 0 Å². The summed E-state index contributed by atoms with van der Waals surface area (Å²) in [5, 5.41) is 11.8. The molecule has 0 bridgehead atoms. The van der Waals surface area contributed by atoms with Crippen LogP contribution in [-0.4, -0.2) is 41.3 Å². The zero-order chi connectivity index (χ0) is 19.9. The zero-order valence-electron chi connectivity index (χ0n) is 15.9. The number of thioether (sulfide) groups is 1. The third-order valence-electron chi connectivity index (χ3n) is 4.86. The van der Waals surface area contributed by atoms with Gasteiger partial charge in [-0.15, -0.1) is 0 Å². The first kappa shape index (κ1) is 20.3. The molecule has 3 rings (SSSR count). The molecule has 1 unspecified atom stereocenters. The summed E-state index contributed by atoms with van der Waals surface area (Å²) in [5.74, 6) is 0.349. The maximum atomic E-state index is 12.2. The molecule has 1 amide bonds. The van der Waals surface area contributed by atoms with Crippen LogP contribution in [0.4, 0.5) is 4.79 Å². The minimum absolute atomic E-state index is 0.113. The quantitative estimate of drug-likeness (QED) is 0.603. The number of allylic oxidation sites excluding steroid dienone is 5. The molecule has 2 aliphatic carbocycles. The van der Waals surface area contributed by atoms with Crippen LogP contribution in [0.1, 0.15) is 36.8 Å². The van der Waals surface area contributed by atoms with E-state index in [2.05, 4.69) is 24.4 Å². The molecule has 0 aromatic heterocycles. The predicted octanol–water partition coefficient (Wildman–Crippen LogP) is 4.38. The van der Waals surface area contributed by atoms with Gasteiger partial charge in [0, 0.05) is 17.2 Å². The highest BCUT2D eigenvalue weighted by Crippen LogP contribution is 2.44. The van der Waals surface area contributed by atoms with Gasteiger partial charge in [0.25, 0.3) is 0 Å². The van der Waals surface area contributed by atoms with Crippen LogP contribution >= 0.6 is 11.8 Å². The van der Waals surface area contributed by atoms with Gasteiger partial charge >= 0.3 is 12.1 Å². The summed E-state index contributed by atoms with van der Waals surface area (Å²) >= 11 is 1.53. The van der Waals surface area contributed by atoms with Gasteiger partial charge in [-0.1, -0.05) is 61.9 Å². The predicted molar refractivity (Wildman–Crippen MR) is 113 cm³/mol. The lowest BCUT2D eigenvalue weighted by molar-refractivity contribution is -0.138. The average Bonchev–Trinajstić information content (AvgIpc) is 3.02. The van der Waals surface area contributed by atoms with Crippen LogP contribution in [0.5, 0.6) is 0 Å². The van der Waals surface area contributed by atoms with Crippen molar-refractivity contribution in [2.75, 3.05) is 18.1 Å². The van der Waals surface area contributed by atoms with E-state index < -0.39 is 18.1 Å². The third kappa shape index (κ3) is 4.68. The minimum atomic E-state index is -1.05. The van der Waals surface area contributed by atoms with Crippen LogP contribution in [0.2, 0.25) is 0 Å². The number of alkyl carbamates (subject to hydrolysis) is 1. The van der Waals surface area contributed by atoms with Crippen LogP contribution in [0.3, 0.4) is 0 Å². The lowest BCUT2D eigenvalue weighted by Crippen LogP contribution is -2.43. The Kier molecular flexibility index (Phi) is 6.98. The molecular formula is C22H25NO4S. The third-order valence-corrected chi connectivity index (χ3v) is 6.01. The normalized spacial score (nSPS) is 17.8. The molecule has 1 aromatic carbocycles. The van der Waals surface area contributed by atoms with Crippen molar-refractivity contribution in [2.24, 2.45) is 0 Å². The largest absolute Gasteiger partial charge is 0.480 e. The summed E-state index contributed by atoms with van der Waals surface area (Å²) in [6.45, 7) is 2.20. The van der Waals surface area contributed by atoms with Crippen LogP contribution in [-0.2, 0) is 9.53 Å². The smallest absolute Gasteiger partial charge is 0.408 e. The van der Waals surface area contributed by atoms with Gasteiger partial charge in [0.05, 0.1) is 0 Å².